The largest absolute Gasteiger partial charge is 0.347 e. The highest BCUT2D eigenvalue weighted by Gasteiger charge is 2.30. The van der Waals surface area contributed by atoms with E-state index in [1.165, 1.54) is 24.3 Å². The molecule has 0 bridgehead atoms. The van der Waals surface area contributed by atoms with Crippen molar-refractivity contribution in [2.75, 3.05) is 16.2 Å². The monoisotopic (exact) mass is 547 g/mol. The molecule has 0 heterocycles. The molecule has 0 unspecified atom stereocenters. The van der Waals surface area contributed by atoms with Crippen LogP contribution < -0.4 is 14.9 Å². The molecule has 36 heavy (non-hydrogen) atoms. The Morgan fingerprint density at radius 3 is 2.19 bits per heavy atom. The summed E-state index contributed by atoms with van der Waals surface area (Å²) in [5.74, 6) is -1.04. The maximum Gasteiger partial charge on any atom is 0.264 e. The van der Waals surface area contributed by atoms with Crippen LogP contribution in [0.3, 0.4) is 0 Å². The van der Waals surface area contributed by atoms with Crippen molar-refractivity contribution in [3.8, 4) is 0 Å². The first kappa shape index (κ1) is 27.5. The highest BCUT2D eigenvalue weighted by Crippen LogP contribution is 2.35. The van der Waals surface area contributed by atoms with Crippen LogP contribution in [0.1, 0.15) is 36.7 Å². The molecule has 190 valence electrons. The maximum absolute atomic E-state index is 13.6. The average Bonchev–Trinajstić information content (AvgIpc) is 2.79. The van der Waals surface area contributed by atoms with Gasteiger partial charge in [-0.05, 0) is 64.1 Å². The lowest BCUT2D eigenvalue weighted by Crippen LogP contribution is -2.41. The molecular weight excluding hydrogens is 521 g/mol. The highest BCUT2D eigenvalue weighted by molar-refractivity contribution is 7.92. The molecular formula is C26H27Cl2N3O4S. The second-order valence-corrected chi connectivity index (χ2v) is 11.8. The molecule has 0 saturated heterocycles. The van der Waals surface area contributed by atoms with E-state index in [-0.39, 0.29) is 37.8 Å². The predicted octanol–water partition coefficient (Wildman–Crippen LogP) is 5.66. The van der Waals surface area contributed by atoms with Crippen LogP contribution in [0.4, 0.5) is 11.4 Å². The maximum atomic E-state index is 13.6. The third kappa shape index (κ3) is 6.57. The van der Waals surface area contributed by atoms with Crippen LogP contribution in [0.25, 0.3) is 0 Å². The number of halogens is 2. The normalized spacial score (nSPS) is 11.6. The summed E-state index contributed by atoms with van der Waals surface area (Å²) in [7, 11) is -4.20. The van der Waals surface area contributed by atoms with E-state index in [4.69, 9.17) is 23.2 Å². The third-order valence-corrected chi connectivity index (χ3v) is 7.61. The molecule has 3 aromatic carbocycles. The van der Waals surface area contributed by atoms with Gasteiger partial charge >= 0.3 is 0 Å². The molecule has 10 heteroatoms. The van der Waals surface area contributed by atoms with E-state index < -0.39 is 28.0 Å². The number of nitrogens with one attached hydrogen (secondary N) is 2. The lowest BCUT2D eigenvalue weighted by atomic mass is 10.1. The van der Waals surface area contributed by atoms with E-state index >= 15 is 0 Å². The summed E-state index contributed by atoms with van der Waals surface area (Å²) in [6.07, 6.45) is 0. The Hall–Kier alpha value is -3.07. The van der Waals surface area contributed by atoms with E-state index in [0.29, 0.717) is 0 Å². The fourth-order valence-corrected chi connectivity index (χ4v) is 5.22. The van der Waals surface area contributed by atoms with Gasteiger partial charge < -0.3 is 10.6 Å². The van der Waals surface area contributed by atoms with Gasteiger partial charge in [0.15, 0.2) is 0 Å². The van der Waals surface area contributed by atoms with Crippen molar-refractivity contribution in [3.05, 3.63) is 87.9 Å². The van der Waals surface area contributed by atoms with Gasteiger partial charge in [0.25, 0.3) is 15.9 Å². The van der Waals surface area contributed by atoms with Crippen LogP contribution >= 0.6 is 23.2 Å². The van der Waals surface area contributed by atoms with Crippen LogP contribution in [0.15, 0.2) is 71.6 Å². The van der Waals surface area contributed by atoms with E-state index in [9.17, 15) is 18.0 Å². The molecule has 0 spiro atoms. The molecule has 2 N–H and O–H groups in total. The number of carbonyl (C=O) groups excluding carboxylic acids is 2. The van der Waals surface area contributed by atoms with Crippen molar-refractivity contribution in [2.24, 2.45) is 0 Å². The Labute approximate surface area is 221 Å². The number of amides is 2. The number of benzene rings is 3. The van der Waals surface area contributed by atoms with Crippen LogP contribution in [0, 0.1) is 6.92 Å². The SMILES string of the molecule is Cc1ccc(S(=O)(=O)N(CC(=O)Nc2ccccc2C(=O)NC(C)(C)C)c2cccc(Cl)c2Cl)cc1. The lowest BCUT2D eigenvalue weighted by Gasteiger charge is -2.26. The third-order valence-electron chi connectivity index (χ3n) is 5.03. The van der Waals surface area contributed by atoms with Crippen molar-refractivity contribution in [2.45, 2.75) is 38.1 Å². The standard InChI is InChI=1S/C26H27Cl2N3O4S/c1-17-12-14-18(15-13-17)36(34,35)31(22-11-7-9-20(27)24(22)28)16-23(32)29-21-10-6-5-8-19(21)25(33)30-26(2,3)4/h5-15H,16H2,1-4H3,(H,29,32)(H,30,33). The number of carbonyl (C=O) groups is 2. The summed E-state index contributed by atoms with van der Waals surface area (Å²) < 4.78 is 28.1. The van der Waals surface area contributed by atoms with Gasteiger partial charge in [-0.1, -0.05) is 59.1 Å². The number of rotatable bonds is 7. The molecule has 0 aromatic heterocycles. The number of anilines is 2. The Kier molecular flexibility index (Phi) is 8.33. The van der Waals surface area contributed by atoms with E-state index in [1.807, 2.05) is 27.7 Å². The van der Waals surface area contributed by atoms with Gasteiger partial charge in [-0.3, -0.25) is 13.9 Å². The zero-order valence-electron chi connectivity index (χ0n) is 20.3. The minimum Gasteiger partial charge on any atom is -0.347 e. The number of para-hydroxylation sites is 1. The Bertz CT molecular complexity index is 1390. The zero-order chi connectivity index (χ0) is 26.7. The summed E-state index contributed by atoms with van der Waals surface area (Å²) in [6, 6.07) is 17.3. The second-order valence-electron chi connectivity index (χ2n) is 9.20. The molecule has 0 aliphatic rings. The summed E-state index contributed by atoms with van der Waals surface area (Å²) >= 11 is 12.5. The molecule has 2 amide bonds. The first-order chi connectivity index (χ1) is 16.8. The molecule has 0 aliphatic carbocycles. The van der Waals surface area contributed by atoms with Crippen molar-refractivity contribution in [3.63, 3.8) is 0 Å². The van der Waals surface area contributed by atoms with Crippen LogP contribution in [-0.4, -0.2) is 32.3 Å². The van der Waals surface area contributed by atoms with E-state index in [0.717, 1.165) is 9.87 Å². The molecule has 0 aliphatic heterocycles. The van der Waals surface area contributed by atoms with Gasteiger partial charge in [0, 0.05) is 5.54 Å². The molecule has 0 fully saturated rings. The smallest absolute Gasteiger partial charge is 0.264 e. The highest BCUT2D eigenvalue weighted by atomic mass is 35.5. The molecule has 3 aromatic rings. The predicted molar refractivity (Wildman–Crippen MR) is 144 cm³/mol. The van der Waals surface area contributed by atoms with Gasteiger partial charge in [-0.25, -0.2) is 8.42 Å². The number of aryl methyl sites for hydroxylation is 1. The molecule has 7 nitrogen and oxygen atoms in total. The summed E-state index contributed by atoms with van der Waals surface area (Å²) in [5.41, 5.74) is 0.933. The number of nitrogens with zero attached hydrogens (tertiary/aromatic N) is 1. The van der Waals surface area contributed by atoms with Gasteiger partial charge in [0.2, 0.25) is 5.91 Å². The summed E-state index contributed by atoms with van der Waals surface area (Å²) in [4.78, 5) is 25.9. The Balaban J connectivity index is 1.97. The van der Waals surface area contributed by atoms with Crippen LogP contribution in [-0.2, 0) is 14.8 Å². The quantitative estimate of drug-likeness (QED) is 0.398. The van der Waals surface area contributed by atoms with Gasteiger partial charge in [0.05, 0.1) is 31.9 Å². The first-order valence-corrected chi connectivity index (χ1v) is 13.2. The van der Waals surface area contributed by atoms with E-state index in [1.54, 1.807) is 42.5 Å². The van der Waals surface area contributed by atoms with Crippen molar-refractivity contribution in [1.82, 2.24) is 5.32 Å². The van der Waals surface area contributed by atoms with Gasteiger partial charge in [-0.2, -0.15) is 0 Å². The molecule has 0 atom stereocenters. The Morgan fingerprint density at radius 2 is 1.56 bits per heavy atom. The summed E-state index contributed by atoms with van der Waals surface area (Å²) in [5, 5.41) is 5.65. The average molecular weight is 548 g/mol. The van der Waals surface area contributed by atoms with Crippen molar-refractivity contribution < 1.29 is 18.0 Å². The summed E-state index contributed by atoms with van der Waals surface area (Å²) in [6.45, 7) is 6.76. The van der Waals surface area contributed by atoms with Gasteiger partial charge in [-0.15, -0.1) is 0 Å². The Morgan fingerprint density at radius 1 is 0.917 bits per heavy atom. The van der Waals surface area contributed by atoms with Crippen LogP contribution in [0.2, 0.25) is 10.0 Å². The zero-order valence-corrected chi connectivity index (χ0v) is 22.6. The topological polar surface area (TPSA) is 95.6 Å². The van der Waals surface area contributed by atoms with E-state index in [2.05, 4.69) is 10.6 Å². The van der Waals surface area contributed by atoms with Crippen molar-refractivity contribution in [1.29, 1.82) is 0 Å². The molecule has 0 radical (unpaired) electrons. The first-order valence-electron chi connectivity index (χ1n) is 11.0. The lowest BCUT2D eigenvalue weighted by molar-refractivity contribution is -0.114. The molecule has 0 saturated carbocycles. The number of sulfonamides is 1. The van der Waals surface area contributed by atoms with Crippen molar-refractivity contribution >= 4 is 56.4 Å². The second kappa shape index (κ2) is 10.9. The minimum atomic E-state index is -4.20. The minimum absolute atomic E-state index is 0.00684. The van der Waals surface area contributed by atoms with Crippen LogP contribution in [0.5, 0.6) is 0 Å². The fraction of sp³-hybridized carbons (Fsp3) is 0.231. The molecule has 3 rings (SSSR count). The number of hydrogen-bond donors (Lipinski definition) is 2. The fourth-order valence-electron chi connectivity index (χ4n) is 3.34. The van der Waals surface area contributed by atoms with Gasteiger partial charge in [0.1, 0.15) is 6.54 Å². The number of hydrogen-bond acceptors (Lipinski definition) is 4.